The first kappa shape index (κ1) is 17.9. The van der Waals surface area contributed by atoms with E-state index in [-0.39, 0.29) is 27.6 Å². The van der Waals surface area contributed by atoms with Crippen LogP contribution in [0.5, 0.6) is 0 Å². The minimum absolute atomic E-state index is 0.0217. The highest BCUT2D eigenvalue weighted by Gasteiger charge is 2.23. The summed E-state index contributed by atoms with van der Waals surface area (Å²) < 4.78 is 36.5. The Bertz CT molecular complexity index is 627. The SMILES string of the molecule is COC(CNS(=O)(=O)c1cc(Cl)cc(C(=O)O)c1C)OC. The lowest BCUT2D eigenvalue weighted by molar-refractivity contribution is -0.0960. The van der Waals surface area contributed by atoms with Crippen molar-refractivity contribution in [1.82, 2.24) is 4.72 Å². The Hall–Kier alpha value is -1.19. The molecule has 0 amide bonds. The fourth-order valence-electron chi connectivity index (χ4n) is 1.67. The topological polar surface area (TPSA) is 102 Å². The summed E-state index contributed by atoms with van der Waals surface area (Å²) in [5.74, 6) is -1.25. The lowest BCUT2D eigenvalue weighted by atomic mass is 10.1. The van der Waals surface area contributed by atoms with Crippen LogP contribution in [-0.2, 0) is 19.5 Å². The number of benzene rings is 1. The van der Waals surface area contributed by atoms with Gasteiger partial charge in [0.25, 0.3) is 0 Å². The molecule has 1 aromatic carbocycles. The van der Waals surface area contributed by atoms with Gasteiger partial charge in [0.2, 0.25) is 10.0 Å². The second kappa shape index (κ2) is 7.19. The molecule has 0 saturated heterocycles. The molecule has 1 aromatic rings. The van der Waals surface area contributed by atoms with E-state index in [0.717, 1.165) is 0 Å². The van der Waals surface area contributed by atoms with Crippen molar-refractivity contribution in [3.8, 4) is 0 Å². The molecule has 21 heavy (non-hydrogen) atoms. The summed E-state index contributed by atoms with van der Waals surface area (Å²) in [6.07, 6.45) is -0.752. The van der Waals surface area contributed by atoms with Gasteiger partial charge in [-0.3, -0.25) is 0 Å². The number of carboxylic acid groups (broad SMARTS) is 1. The van der Waals surface area contributed by atoms with Crippen LogP contribution in [0.25, 0.3) is 0 Å². The van der Waals surface area contributed by atoms with Gasteiger partial charge in [-0.2, -0.15) is 0 Å². The molecule has 0 saturated carbocycles. The Morgan fingerprint density at radius 2 is 1.95 bits per heavy atom. The number of carbonyl (C=O) groups is 1. The Morgan fingerprint density at radius 1 is 1.38 bits per heavy atom. The van der Waals surface area contributed by atoms with Gasteiger partial charge in [0.1, 0.15) is 0 Å². The number of rotatable bonds is 7. The zero-order chi connectivity index (χ0) is 16.2. The summed E-state index contributed by atoms with van der Waals surface area (Å²) in [5.41, 5.74) is -0.0660. The van der Waals surface area contributed by atoms with E-state index in [1.807, 2.05) is 0 Å². The predicted molar refractivity (Wildman–Crippen MR) is 76.1 cm³/mol. The largest absolute Gasteiger partial charge is 0.478 e. The summed E-state index contributed by atoms with van der Waals surface area (Å²) in [6, 6.07) is 2.39. The van der Waals surface area contributed by atoms with Crippen molar-refractivity contribution in [2.75, 3.05) is 20.8 Å². The summed E-state index contributed by atoms with van der Waals surface area (Å²) in [4.78, 5) is 10.9. The van der Waals surface area contributed by atoms with Crippen LogP contribution >= 0.6 is 11.6 Å². The van der Waals surface area contributed by atoms with Crippen molar-refractivity contribution >= 4 is 27.6 Å². The van der Waals surface area contributed by atoms with Gasteiger partial charge in [-0.1, -0.05) is 11.6 Å². The average molecular weight is 338 g/mol. The van der Waals surface area contributed by atoms with Gasteiger partial charge < -0.3 is 14.6 Å². The Labute approximate surface area is 127 Å². The van der Waals surface area contributed by atoms with Crippen LogP contribution in [0.3, 0.4) is 0 Å². The second-order valence-electron chi connectivity index (χ2n) is 4.13. The molecule has 9 heteroatoms. The van der Waals surface area contributed by atoms with E-state index in [2.05, 4.69) is 4.72 Å². The molecule has 0 unspecified atom stereocenters. The number of nitrogens with one attached hydrogen (secondary N) is 1. The molecule has 0 radical (unpaired) electrons. The first-order valence-electron chi connectivity index (χ1n) is 5.81. The maximum Gasteiger partial charge on any atom is 0.336 e. The highest BCUT2D eigenvalue weighted by molar-refractivity contribution is 7.89. The third kappa shape index (κ3) is 4.39. The lowest BCUT2D eigenvalue weighted by Crippen LogP contribution is -2.34. The summed E-state index contributed by atoms with van der Waals surface area (Å²) in [6.45, 7) is 1.28. The molecule has 0 fully saturated rings. The normalized spacial score (nSPS) is 11.9. The van der Waals surface area contributed by atoms with E-state index in [1.165, 1.54) is 33.3 Å². The van der Waals surface area contributed by atoms with Gasteiger partial charge in [0.15, 0.2) is 6.29 Å². The van der Waals surface area contributed by atoms with Crippen LogP contribution in [0.2, 0.25) is 5.02 Å². The van der Waals surface area contributed by atoms with E-state index in [9.17, 15) is 13.2 Å². The predicted octanol–water partition coefficient (Wildman–Crippen LogP) is 1.24. The first-order chi connectivity index (χ1) is 9.72. The number of hydrogen-bond acceptors (Lipinski definition) is 5. The van der Waals surface area contributed by atoms with Crippen LogP contribution in [0.15, 0.2) is 17.0 Å². The van der Waals surface area contributed by atoms with E-state index in [1.54, 1.807) is 0 Å². The molecular formula is C12H16ClNO6S. The minimum Gasteiger partial charge on any atom is -0.478 e. The number of sulfonamides is 1. The molecular weight excluding hydrogens is 322 g/mol. The zero-order valence-electron chi connectivity index (χ0n) is 11.7. The Kier molecular flexibility index (Phi) is 6.11. The van der Waals surface area contributed by atoms with Crippen LogP contribution in [0.1, 0.15) is 15.9 Å². The van der Waals surface area contributed by atoms with Crippen LogP contribution in [0.4, 0.5) is 0 Å². The second-order valence-corrected chi connectivity index (χ2v) is 6.31. The highest BCUT2D eigenvalue weighted by atomic mass is 35.5. The van der Waals surface area contributed by atoms with Crippen molar-refractivity contribution in [2.24, 2.45) is 0 Å². The molecule has 1 rings (SSSR count). The monoisotopic (exact) mass is 337 g/mol. The third-order valence-corrected chi connectivity index (χ3v) is 4.58. The minimum atomic E-state index is -3.94. The molecule has 0 atom stereocenters. The number of carboxylic acids is 1. The van der Waals surface area contributed by atoms with E-state index in [4.69, 9.17) is 26.2 Å². The highest BCUT2D eigenvalue weighted by Crippen LogP contribution is 2.24. The molecule has 0 aromatic heterocycles. The first-order valence-corrected chi connectivity index (χ1v) is 7.67. The Balaban J connectivity index is 3.17. The molecule has 0 aliphatic carbocycles. The molecule has 0 aliphatic rings. The number of hydrogen-bond donors (Lipinski definition) is 2. The third-order valence-electron chi connectivity index (χ3n) is 2.81. The number of methoxy groups -OCH3 is 2. The van der Waals surface area contributed by atoms with E-state index in [0.29, 0.717) is 0 Å². The fraction of sp³-hybridized carbons (Fsp3) is 0.417. The summed E-state index contributed by atoms with van der Waals surface area (Å²) in [5, 5.41) is 9.08. The van der Waals surface area contributed by atoms with Crippen molar-refractivity contribution in [1.29, 1.82) is 0 Å². The maximum atomic E-state index is 12.2. The average Bonchev–Trinajstić information content (AvgIpc) is 2.41. The number of halogens is 1. The van der Waals surface area contributed by atoms with Crippen molar-refractivity contribution in [3.05, 3.63) is 28.3 Å². The number of ether oxygens (including phenoxy) is 2. The van der Waals surface area contributed by atoms with Gasteiger partial charge >= 0.3 is 5.97 Å². The lowest BCUT2D eigenvalue weighted by Gasteiger charge is -2.16. The summed E-state index contributed by atoms with van der Waals surface area (Å²) >= 11 is 5.78. The van der Waals surface area contributed by atoms with E-state index < -0.39 is 22.3 Å². The maximum absolute atomic E-state index is 12.2. The quantitative estimate of drug-likeness (QED) is 0.726. The molecule has 118 valence electrons. The van der Waals surface area contributed by atoms with Crippen LogP contribution in [0, 0.1) is 6.92 Å². The van der Waals surface area contributed by atoms with Gasteiger partial charge in [-0.05, 0) is 24.6 Å². The molecule has 0 bridgehead atoms. The molecule has 0 spiro atoms. The fourth-order valence-corrected chi connectivity index (χ4v) is 3.26. The van der Waals surface area contributed by atoms with Crippen LogP contribution < -0.4 is 4.72 Å². The standard InChI is InChI=1S/C12H16ClNO6S/c1-7-9(12(15)16)4-8(13)5-10(7)21(17,18)14-6-11(19-2)20-3/h4-5,11,14H,6H2,1-3H3,(H,15,16). The van der Waals surface area contributed by atoms with Crippen molar-refractivity contribution in [3.63, 3.8) is 0 Å². The molecule has 7 nitrogen and oxygen atoms in total. The molecule has 0 aliphatic heterocycles. The van der Waals surface area contributed by atoms with E-state index >= 15 is 0 Å². The molecule has 0 heterocycles. The van der Waals surface area contributed by atoms with Crippen LogP contribution in [-0.4, -0.2) is 46.5 Å². The van der Waals surface area contributed by atoms with Crippen molar-refractivity contribution < 1.29 is 27.8 Å². The van der Waals surface area contributed by atoms with Gasteiger partial charge in [0, 0.05) is 19.2 Å². The van der Waals surface area contributed by atoms with Crippen molar-refractivity contribution in [2.45, 2.75) is 18.1 Å². The van der Waals surface area contributed by atoms with Gasteiger partial charge in [0.05, 0.1) is 17.0 Å². The smallest absolute Gasteiger partial charge is 0.336 e. The molecule has 2 N–H and O–H groups in total. The van der Waals surface area contributed by atoms with Gasteiger partial charge in [-0.25, -0.2) is 17.9 Å². The zero-order valence-corrected chi connectivity index (χ0v) is 13.3. The number of aromatic carboxylic acids is 1. The summed E-state index contributed by atoms with van der Waals surface area (Å²) in [7, 11) is -1.20. The Morgan fingerprint density at radius 3 is 2.43 bits per heavy atom. The van der Waals surface area contributed by atoms with Gasteiger partial charge in [-0.15, -0.1) is 0 Å².